The van der Waals surface area contributed by atoms with Crippen LogP contribution >= 0.6 is 0 Å². The van der Waals surface area contributed by atoms with Gasteiger partial charge in [-0.2, -0.15) is 0 Å². The average molecular weight is 489 g/mol. The van der Waals surface area contributed by atoms with Gasteiger partial charge in [0.1, 0.15) is 6.33 Å². The lowest BCUT2D eigenvalue weighted by molar-refractivity contribution is -0.127. The van der Waals surface area contributed by atoms with Gasteiger partial charge in [0.2, 0.25) is 5.91 Å². The zero-order valence-corrected chi connectivity index (χ0v) is 21.3. The summed E-state index contributed by atoms with van der Waals surface area (Å²) in [7, 11) is 1.72. The van der Waals surface area contributed by atoms with Crippen LogP contribution in [0.3, 0.4) is 0 Å². The second-order valence-electron chi connectivity index (χ2n) is 9.71. The molecule has 2 heterocycles. The molecule has 0 unspecified atom stereocenters. The molecule has 0 aliphatic heterocycles. The maximum atomic E-state index is 13.7. The van der Waals surface area contributed by atoms with Gasteiger partial charge in [0.05, 0.1) is 29.2 Å². The first-order valence-corrected chi connectivity index (χ1v) is 12.9. The molecular weight excluding hydrogens is 452 g/mol. The number of fused-ring (bicyclic) bond motifs is 1. The Kier molecular flexibility index (Phi) is 8.25. The number of benzene rings is 1. The predicted octanol–water partition coefficient (Wildman–Crippen LogP) is 4.38. The van der Waals surface area contributed by atoms with E-state index in [2.05, 4.69) is 25.6 Å². The van der Waals surface area contributed by atoms with Gasteiger partial charge in [0.15, 0.2) is 5.78 Å². The number of nitrogens with one attached hydrogen (secondary N) is 4. The predicted molar refractivity (Wildman–Crippen MR) is 142 cm³/mol. The molecule has 2 aromatic heterocycles. The smallest absolute Gasteiger partial charge is 0.237 e. The second kappa shape index (κ2) is 11.6. The quantitative estimate of drug-likeness (QED) is 0.315. The Morgan fingerprint density at radius 2 is 1.92 bits per heavy atom. The van der Waals surface area contributed by atoms with Crippen LogP contribution in [0.2, 0.25) is 0 Å². The molecule has 1 saturated carbocycles. The Morgan fingerprint density at radius 1 is 1.17 bits per heavy atom. The standard InChI is InChI=1S/C28H36N6O2/c1-4-19(23-14-24(33-16-32-23)21-15-31-22-13-9-8-12-20(21)22)25(29)27(35)26(18-10-6-5-7-11-18)34-28(36)17(2)30-3/h8-9,12-19,26,29-31H,4-7,10-11H2,1-3H3,(H,34,36)/t17-,19-,26-/m0/s1. The number of rotatable bonds is 10. The minimum atomic E-state index is -0.690. The molecule has 0 spiro atoms. The zero-order valence-electron chi connectivity index (χ0n) is 21.3. The molecule has 36 heavy (non-hydrogen) atoms. The molecule has 1 amide bonds. The summed E-state index contributed by atoms with van der Waals surface area (Å²) in [5.74, 6) is -0.956. The van der Waals surface area contributed by atoms with Crippen LogP contribution in [0.5, 0.6) is 0 Å². The SMILES string of the molecule is CC[C@H](C(=N)C(=O)[C@@H](NC(=O)[C@H](C)NC)C1CCCCC1)c1cc(-c2c[nH]c3ccccc23)ncn1. The van der Waals surface area contributed by atoms with Gasteiger partial charge in [0.25, 0.3) is 0 Å². The van der Waals surface area contributed by atoms with Gasteiger partial charge in [-0.1, -0.05) is 44.4 Å². The van der Waals surface area contributed by atoms with E-state index in [0.29, 0.717) is 12.1 Å². The van der Waals surface area contributed by atoms with Crippen LogP contribution in [-0.2, 0) is 9.59 Å². The molecule has 8 nitrogen and oxygen atoms in total. The number of carbonyl (C=O) groups is 2. The summed E-state index contributed by atoms with van der Waals surface area (Å²) in [4.78, 5) is 38.7. The number of amides is 1. The molecular formula is C28H36N6O2. The number of H-pyrrole nitrogens is 1. The molecule has 4 N–H and O–H groups in total. The molecule has 3 aromatic rings. The fourth-order valence-corrected chi connectivity index (χ4v) is 5.17. The first kappa shape index (κ1) is 25.7. The normalized spacial score (nSPS) is 16.9. The van der Waals surface area contributed by atoms with Crippen LogP contribution < -0.4 is 10.6 Å². The Balaban J connectivity index is 1.61. The lowest BCUT2D eigenvalue weighted by Crippen LogP contribution is -2.53. The maximum absolute atomic E-state index is 13.7. The average Bonchev–Trinajstić information content (AvgIpc) is 3.36. The van der Waals surface area contributed by atoms with Crippen molar-refractivity contribution in [2.24, 2.45) is 5.92 Å². The summed E-state index contributed by atoms with van der Waals surface area (Å²) in [6.07, 6.45) is 8.96. The van der Waals surface area contributed by atoms with Crippen molar-refractivity contribution < 1.29 is 9.59 Å². The summed E-state index contributed by atoms with van der Waals surface area (Å²) in [6, 6.07) is 8.79. The first-order chi connectivity index (χ1) is 17.4. The van der Waals surface area contributed by atoms with Crippen LogP contribution in [0.4, 0.5) is 0 Å². The summed E-state index contributed by atoms with van der Waals surface area (Å²) in [5, 5.41) is 15.9. The lowest BCUT2D eigenvalue weighted by atomic mass is 9.79. The third kappa shape index (κ3) is 5.38. The van der Waals surface area contributed by atoms with Crippen molar-refractivity contribution in [3.63, 3.8) is 0 Å². The molecule has 1 fully saturated rings. The third-order valence-electron chi connectivity index (χ3n) is 7.46. The highest BCUT2D eigenvalue weighted by molar-refractivity contribution is 6.42. The van der Waals surface area contributed by atoms with Crippen molar-refractivity contribution in [2.45, 2.75) is 70.4 Å². The molecule has 1 aromatic carbocycles. The summed E-state index contributed by atoms with van der Waals surface area (Å²) in [6.45, 7) is 3.72. The first-order valence-electron chi connectivity index (χ1n) is 12.9. The molecule has 0 saturated heterocycles. The van der Waals surface area contributed by atoms with Gasteiger partial charge in [-0.25, -0.2) is 9.97 Å². The van der Waals surface area contributed by atoms with Gasteiger partial charge in [-0.3, -0.25) is 9.59 Å². The van der Waals surface area contributed by atoms with Crippen molar-refractivity contribution in [2.75, 3.05) is 7.05 Å². The van der Waals surface area contributed by atoms with Gasteiger partial charge >= 0.3 is 0 Å². The number of likely N-dealkylation sites (N-methyl/N-ethyl adjacent to an activating group) is 1. The molecule has 190 valence electrons. The van der Waals surface area contributed by atoms with Gasteiger partial charge in [0, 0.05) is 28.6 Å². The summed E-state index contributed by atoms with van der Waals surface area (Å²) >= 11 is 0. The number of nitrogens with zero attached hydrogens (tertiary/aromatic N) is 2. The van der Waals surface area contributed by atoms with E-state index in [-0.39, 0.29) is 23.3 Å². The van der Waals surface area contributed by atoms with Crippen LogP contribution in [0.15, 0.2) is 42.9 Å². The Labute approximate surface area is 212 Å². The number of Topliss-reactive ketones (excluding diaryl/α,β-unsaturated/α-hetero) is 1. The molecule has 3 atom stereocenters. The highest BCUT2D eigenvalue weighted by Gasteiger charge is 2.36. The highest BCUT2D eigenvalue weighted by atomic mass is 16.2. The number of para-hydroxylation sites is 1. The van der Waals surface area contributed by atoms with Gasteiger partial charge in [-0.05, 0) is 51.3 Å². The fraction of sp³-hybridized carbons (Fsp3) is 0.464. The number of aromatic nitrogens is 3. The van der Waals surface area contributed by atoms with E-state index in [4.69, 9.17) is 5.41 Å². The topological polar surface area (TPSA) is 124 Å². The van der Waals surface area contributed by atoms with Crippen molar-refractivity contribution >= 4 is 28.3 Å². The van der Waals surface area contributed by atoms with E-state index in [1.807, 2.05) is 43.5 Å². The Hall–Kier alpha value is -3.39. The number of aromatic amines is 1. The molecule has 1 aliphatic rings. The van der Waals surface area contributed by atoms with E-state index >= 15 is 0 Å². The van der Waals surface area contributed by atoms with Crippen LogP contribution in [0.25, 0.3) is 22.2 Å². The largest absolute Gasteiger partial charge is 0.360 e. The van der Waals surface area contributed by atoms with Crippen LogP contribution in [0.1, 0.15) is 64.0 Å². The van der Waals surface area contributed by atoms with Crippen LogP contribution in [-0.4, -0.2) is 51.5 Å². The lowest BCUT2D eigenvalue weighted by Gasteiger charge is -2.31. The van der Waals surface area contributed by atoms with Crippen molar-refractivity contribution in [3.8, 4) is 11.3 Å². The minimum Gasteiger partial charge on any atom is -0.360 e. The molecule has 8 heteroatoms. The summed E-state index contributed by atoms with van der Waals surface area (Å²) in [5.41, 5.74) is 3.36. The van der Waals surface area contributed by atoms with Crippen LogP contribution in [0, 0.1) is 11.3 Å². The van der Waals surface area contributed by atoms with E-state index < -0.39 is 18.0 Å². The molecule has 0 radical (unpaired) electrons. The third-order valence-corrected chi connectivity index (χ3v) is 7.46. The number of carbonyl (C=O) groups excluding carboxylic acids is 2. The zero-order chi connectivity index (χ0) is 25.7. The van der Waals surface area contributed by atoms with Gasteiger partial charge < -0.3 is 21.0 Å². The second-order valence-corrected chi connectivity index (χ2v) is 9.71. The van der Waals surface area contributed by atoms with Crippen molar-refractivity contribution in [1.82, 2.24) is 25.6 Å². The van der Waals surface area contributed by atoms with Gasteiger partial charge in [-0.15, -0.1) is 0 Å². The minimum absolute atomic E-state index is 0.00550. The fourth-order valence-electron chi connectivity index (χ4n) is 5.17. The molecule has 0 bridgehead atoms. The highest BCUT2D eigenvalue weighted by Crippen LogP contribution is 2.31. The van der Waals surface area contributed by atoms with E-state index in [1.165, 1.54) is 6.33 Å². The number of hydrogen-bond donors (Lipinski definition) is 4. The molecule has 4 rings (SSSR count). The van der Waals surface area contributed by atoms with E-state index in [9.17, 15) is 9.59 Å². The number of hydrogen-bond acceptors (Lipinski definition) is 6. The summed E-state index contributed by atoms with van der Waals surface area (Å²) < 4.78 is 0. The van der Waals surface area contributed by atoms with E-state index in [1.54, 1.807) is 14.0 Å². The Bertz CT molecular complexity index is 1230. The molecule has 1 aliphatic carbocycles. The maximum Gasteiger partial charge on any atom is 0.237 e. The Morgan fingerprint density at radius 3 is 2.64 bits per heavy atom. The van der Waals surface area contributed by atoms with E-state index in [0.717, 1.165) is 54.3 Å². The van der Waals surface area contributed by atoms with Crippen molar-refractivity contribution in [3.05, 3.63) is 48.5 Å². The van der Waals surface area contributed by atoms with Crippen molar-refractivity contribution in [1.29, 1.82) is 5.41 Å². The number of ketones is 1. The monoisotopic (exact) mass is 488 g/mol.